The Morgan fingerprint density at radius 2 is 1.36 bits per heavy atom. The summed E-state index contributed by atoms with van der Waals surface area (Å²) in [4.78, 5) is 75.3. The number of carbonyl (C=O) groups excluding carboxylic acids is 3. The number of para-hydroxylation sites is 1. The molecule has 0 aliphatic carbocycles. The quantitative estimate of drug-likeness (QED) is 0.143. The predicted molar refractivity (Wildman–Crippen MR) is 137 cm³/mol. The number of aromatic amines is 1. The number of carboxylic acid groups (broad SMARTS) is 3. The molecule has 2 aromatic rings. The highest BCUT2D eigenvalue weighted by Crippen LogP contribution is 2.19. The second-order valence-electron chi connectivity index (χ2n) is 9.52. The largest absolute Gasteiger partial charge is 0.481 e. The molecule has 2 rings (SSSR count). The van der Waals surface area contributed by atoms with Crippen molar-refractivity contribution in [2.24, 2.45) is 11.7 Å². The van der Waals surface area contributed by atoms with Gasteiger partial charge in [-0.25, -0.2) is 4.79 Å². The normalized spacial score (nSPS) is 14.2. The second-order valence-corrected chi connectivity index (χ2v) is 9.52. The van der Waals surface area contributed by atoms with Crippen molar-refractivity contribution in [1.82, 2.24) is 20.9 Å². The number of fused-ring (bicyclic) bond motifs is 1. The molecule has 0 aliphatic heterocycles. The first-order valence-corrected chi connectivity index (χ1v) is 12.2. The predicted octanol–water partition coefficient (Wildman–Crippen LogP) is -0.428. The minimum absolute atomic E-state index is 0.0187. The number of benzene rings is 1. The minimum Gasteiger partial charge on any atom is -0.481 e. The molecule has 1 aromatic carbocycles. The first-order valence-electron chi connectivity index (χ1n) is 12.2. The van der Waals surface area contributed by atoms with E-state index < -0.39 is 72.6 Å². The van der Waals surface area contributed by atoms with Gasteiger partial charge in [0, 0.05) is 17.1 Å². The molecule has 9 N–H and O–H groups in total. The van der Waals surface area contributed by atoms with Crippen molar-refractivity contribution in [3.05, 3.63) is 36.0 Å². The third kappa shape index (κ3) is 9.41. The van der Waals surface area contributed by atoms with Gasteiger partial charge < -0.3 is 42.0 Å². The number of hydrogen-bond acceptors (Lipinski definition) is 7. The van der Waals surface area contributed by atoms with Crippen molar-refractivity contribution in [2.75, 3.05) is 0 Å². The highest BCUT2D eigenvalue weighted by molar-refractivity contribution is 5.96. The van der Waals surface area contributed by atoms with E-state index >= 15 is 0 Å². The summed E-state index contributed by atoms with van der Waals surface area (Å²) < 4.78 is 0. The van der Waals surface area contributed by atoms with Crippen molar-refractivity contribution in [3.8, 4) is 0 Å². The molecule has 4 unspecified atom stereocenters. The van der Waals surface area contributed by atoms with Gasteiger partial charge in [-0.05, 0) is 30.4 Å². The van der Waals surface area contributed by atoms with Gasteiger partial charge in [0.1, 0.15) is 18.1 Å². The molecule has 3 amide bonds. The SMILES string of the molecule is CC(C)CC(NC(=O)C(CC(=O)O)NC(=O)C(N)Cc1c[nH]c2ccccc12)C(=O)NC(CC(=O)O)C(=O)O. The van der Waals surface area contributed by atoms with Gasteiger partial charge in [0.05, 0.1) is 18.9 Å². The zero-order chi connectivity index (χ0) is 29.3. The van der Waals surface area contributed by atoms with Crippen LogP contribution in [0.25, 0.3) is 10.9 Å². The molecule has 0 fully saturated rings. The summed E-state index contributed by atoms with van der Waals surface area (Å²) in [5.41, 5.74) is 7.63. The fraction of sp³-hybridized carbons (Fsp3) is 0.440. The minimum atomic E-state index is -1.75. The average Bonchev–Trinajstić information content (AvgIpc) is 3.24. The summed E-state index contributed by atoms with van der Waals surface area (Å²) in [6, 6.07) is 1.55. The average molecular weight is 548 g/mol. The molecule has 1 heterocycles. The molecule has 0 bridgehead atoms. The van der Waals surface area contributed by atoms with Gasteiger partial charge in [-0.15, -0.1) is 0 Å². The van der Waals surface area contributed by atoms with E-state index in [1.54, 1.807) is 20.0 Å². The standard InChI is InChI=1S/C25H33N5O9/c1-12(2)7-17(23(36)30-19(25(38)39)10-21(33)34)29-24(37)18(9-20(31)32)28-22(35)15(26)8-13-11-27-16-6-4-3-5-14(13)16/h3-6,11-12,15,17-19,27H,7-10,26H2,1-2H3,(H,28,35)(H,29,37)(H,30,36)(H,31,32)(H,33,34)(H,38,39). The lowest BCUT2D eigenvalue weighted by Crippen LogP contribution is -2.58. The van der Waals surface area contributed by atoms with Crippen LogP contribution in [0.2, 0.25) is 0 Å². The molecule has 0 aliphatic rings. The number of aliphatic carboxylic acids is 3. The first-order chi connectivity index (χ1) is 18.3. The highest BCUT2D eigenvalue weighted by Gasteiger charge is 2.32. The van der Waals surface area contributed by atoms with Crippen LogP contribution in [-0.4, -0.2) is 80.1 Å². The molecule has 0 radical (unpaired) electrons. The molecule has 0 saturated carbocycles. The van der Waals surface area contributed by atoms with Crippen LogP contribution in [0, 0.1) is 5.92 Å². The lowest BCUT2D eigenvalue weighted by atomic mass is 10.0. The van der Waals surface area contributed by atoms with E-state index in [0.29, 0.717) is 0 Å². The van der Waals surface area contributed by atoms with Crippen LogP contribution in [0.4, 0.5) is 0 Å². The number of carbonyl (C=O) groups is 6. The van der Waals surface area contributed by atoms with Gasteiger partial charge in [0.15, 0.2) is 0 Å². The molecule has 14 nitrogen and oxygen atoms in total. The summed E-state index contributed by atoms with van der Waals surface area (Å²) in [7, 11) is 0. The lowest BCUT2D eigenvalue weighted by Gasteiger charge is -2.25. The smallest absolute Gasteiger partial charge is 0.326 e. The highest BCUT2D eigenvalue weighted by atomic mass is 16.4. The van der Waals surface area contributed by atoms with Crippen LogP contribution in [0.15, 0.2) is 30.5 Å². The Morgan fingerprint density at radius 3 is 1.95 bits per heavy atom. The number of rotatable bonds is 15. The number of carboxylic acids is 3. The molecule has 212 valence electrons. The first kappa shape index (κ1) is 30.8. The number of amides is 3. The fourth-order valence-corrected chi connectivity index (χ4v) is 3.92. The van der Waals surface area contributed by atoms with Gasteiger partial charge in [-0.2, -0.15) is 0 Å². The maximum Gasteiger partial charge on any atom is 0.326 e. The molecular formula is C25H33N5O9. The Labute approximate surface area is 223 Å². The number of H-pyrrole nitrogens is 1. The van der Waals surface area contributed by atoms with Gasteiger partial charge in [-0.1, -0.05) is 32.0 Å². The lowest BCUT2D eigenvalue weighted by molar-refractivity contribution is -0.147. The fourth-order valence-electron chi connectivity index (χ4n) is 3.92. The van der Waals surface area contributed by atoms with E-state index in [9.17, 15) is 39.0 Å². The van der Waals surface area contributed by atoms with Crippen LogP contribution >= 0.6 is 0 Å². The molecular weight excluding hydrogens is 514 g/mol. The van der Waals surface area contributed by atoms with E-state index in [1.165, 1.54) is 0 Å². The van der Waals surface area contributed by atoms with Crippen molar-refractivity contribution < 1.29 is 44.1 Å². The Morgan fingerprint density at radius 1 is 0.821 bits per heavy atom. The van der Waals surface area contributed by atoms with E-state index in [1.807, 2.05) is 24.3 Å². The molecule has 0 saturated heterocycles. The summed E-state index contributed by atoms with van der Waals surface area (Å²) in [6.45, 7) is 3.44. The molecule has 0 spiro atoms. The zero-order valence-electron chi connectivity index (χ0n) is 21.5. The number of nitrogens with one attached hydrogen (secondary N) is 4. The molecule has 39 heavy (non-hydrogen) atoms. The summed E-state index contributed by atoms with van der Waals surface area (Å²) >= 11 is 0. The van der Waals surface area contributed by atoms with Crippen LogP contribution in [0.3, 0.4) is 0 Å². The van der Waals surface area contributed by atoms with Crippen molar-refractivity contribution in [2.45, 2.75) is 63.7 Å². The van der Waals surface area contributed by atoms with Crippen molar-refractivity contribution in [1.29, 1.82) is 0 Å². The van der Waals surface area contributed by atoms with E-state index in [0.717, 1.165) is 16.5 Å². The number of hydrogen-bond donors (Lipinski definition) is 8. The van der Waals surface area contributed by atoms with Gasteiger partial charge in [0.25, 0.3) is 0 Å². The van der Waals surface area contributed by atoms with Crippen molar-refractivity contribution in [3.63, 3.8) is 0 Å². The second kappa shape index (κ2) is 13.9. The summed E-state index contributed by atoms with van der Waals surface area (Å²) in [6.07, 6.45) is 0.100. The van der Waals surface area contributed by atoms with Crippen LogP contribution in [0.1, 0.15) is 38.7 Å². The van der Waals surface area contributed by atoms with Crippen LogP contribution < -0.4 is 21.7 Å². The monoisotopic (exact) mass is 547 g/mol. The summed E-state index contributed by atoms with van der Waals surface area (Å²) in [5, 5.41) is 35.0. The Bertz CT molecular complexity index is 1230. The van der Waals surface area contributed by atoms with Gasteiger partial charge in [-0.3, -0.25) is 24.0 Å². The number of nitrogens with two attached hydrogens (primary N) is 1. The molecule has 14 heteroatoms. The number of aromatic nitrogens is 1. The zero-order valence-corrected chi connectivity index (χ0v) is 21.5. The Balaban J connectivity index is 2.14. The van der Waals surface area contributed by atoms with E-state index in [-0.39, 0.29) is 18.8 Å². The summed E-state index contributed by atoms with van der Waals surface area (Å²) in [5.74, 6) is -7.39. The molecule has 4 atom stereocenters. The van der Waals surface area contributed by atoms with Gasteiger partial charge >= 0.3 is 17.9 Å². The third-order valence-electron chi connectivity index (χ3n) is 5.80. The topological polar surface area (TPSA) is 241 Å². The Hall–Kier alpha value is -4.46. The Kier molecular flexibility index (Phi) is 11.0. The molecule has 1 aromatic heterocycles. The van der Waals surface area contributed by atoms with Crippen LogP contribution in [0.5, 0.6) is 0 Å². The maximum absolute atomic E-state index is 13.0. The third-order valence-corrected chi connectivity index (χ3v) is 5.80. The van der Waals surface area contributed by atoms with Gasteiger partial charge in [0.2, 0.25) is 17.7 Å². The van der Waals surface area contributed by atoms with Crippen LogP contribution in [-0.2, 0) is 35.2 Å². The van der Waals surface area contributed by atoms with E-state index in [2.05, 4.69) is 20.9 Å². The van der Waals surface area contributed by atoms with Crippen molar-refractivity contribution >= 4 is 46.5 Å². The maximum atomic E-state index is 13.0. The van der Waals surface area contributed by atoms with E-state index in [4.69, 9.17) is 10.8 Å².